The molecule has 0 spiro atoms. The van der Waals surface area contributed by atoms with Crippen molar-refractivity contribution in [3.8, 4) is 0 Å². The van der Waals surface area contributed by atoms with Crippen molar-refractivity contribution in [3.63, 3.8) is 0 Å². The van der Waals surface area contributed by atoms with Gasteiger partial charge in [0.05, 0.1) is 4.90 Å². The van der Waals surface area contributed by atoms with Crippen LogP contribution in [0.2, 0.25) is 0 Å². The van der Waals surface area contributed by atoms with E-state index in [1.807, 2.05) is 0 Å². The number of nitrogens with zero attached hydrogens (tertiary/aromatic N) is 2. The van der Waals surface area contributed by atoms with E-state index in [-0.39, 0.29) is 16.7 Å². The zero-order valence-corrected chi connectivity index (χ0v) is 14.8. The minimum Gasteiger partial charge on any atom is -0.340 e. The molecule has 120 valence electrons. The van der Waals surface area contributed by atoms with Crippen molar-refractivity contribution >= 4 is 31.9 Å². The zero-order chi connectivity index (χ0) is 15.9. The minimum absolute atomic E-state index is 0.160. The highest BCUT2D eigenvalue weighted by Gasteiger charge is 2.42. The van der Waals surface area contributed by atoms with Gasteiger partial charge in [-0.1, -0.05) is 28.9 Å². The summed E-state index contributed by atoms with van der Waals surface area (Å²) in [4.78, 5) is 14.3. The van der Waals surface area contributed by atoms with Crippen LogP contribution < -0.4 is 0 Å². The van der Waals surface area contributed by atoms with E-state index in [4.69, 9.17) is 0 Å². The van der Waals surface area contributed by atoms with E-state index in [1.165, 1.54) is 4.31 Å². The largest absolute Gasteiger partial charge is 0.340 e. The Bertz CT molecular complexity index is 684. The molecule has 1 amide bonds. The highest BCUT2D eigenvalue weighted by Crippen LogP contribution is 2.39. The summed E-state index contributed by atoms with van der Waals surface area (Å²) in [6.07, 6.45) is 0.968. The van der Waals surface area contributed by atoms with Crippen molar-refractivity contribution in [3.05, 3.63) is 28.7 Å². The summed E-state index contributed by atoms with van der Waals surface area (Å²) in [7, 11) is -3.48. The Kier molecular flexibility index (Phi) is 4.31. The third-order valence-corrected chi connectivity index (χ3v) is 6.80. The second kappa shape index (κ2) is 5.94. The van der Waals surface area contributed by atoms with Crippen LogP contribution in [0.5, 0.6) is 0 Å². The molecule has 0 N–H and O–H groups in total. The lowest BCUT2D eigenvalue weighted by atomic mass is 10.2. The van der Waals surface area contributed by atoms with E-state index in [0.717, 1.165) is 10.9 Å². The van der Waals surface area contributed by atoms with Crippen LogP contribution in [0.15, 0.2) is 33.6 Å². The smallest absolute Gasteiger partial charge is 0.243 e. The third kappa shape index (κ3) is 3.07. The SMILES string of the molecule is C[C@H]1C[C@@H]1C(=O)N1CCN(S(=O)(=O)c2cccc(Br)c2)CC1. The first-order valence-corrected chi connectivity index (χ1v) is 9.67. The standard InChI is InChI=1S/C15H19BrN2O3S/c1-11-9-14(11)15(19)17-5-7-18(8-6-17)22(20,21)13-4-2-3-12(16)10-13/h2-4,10-11,14H,5-9H2,1H3/t11-,14-/m0/s1. The Morgan fingerprint density at radius 1 is 1.23 bits per heavy atom. The molecule has 0 aromatic heterocycles. The number of amides is 1. The second-order valence-corrected chi connectivity index (χ2v) is 8.86. The van der Waals surface area contributed by atoms with Crippen LogP contribution in [0.1, 0.15) is 13.3 Å². The van der Waals surface area contributed by atoms with Crippen LogP contribution in [0, 0.1) is 11.8 Å². The molecule has 1 aromatic rings. The van der Waals surface area contributed by atoms with Crippen molar-refractivity contribution in [2.45, 2.75) is 18.2 Å². The van der Waals surface area contributed by atoms with Gasteiger partial charge in [0.1, 0.15) is 0 Å². The summed E-state index contributed by atoms with van der Waals surface area (Å²) in [5, 5.41) is 0. The van der Waals surface area contributed by atoms with Gasteiger partial charge >= 0.3 is 0 Å². The van der Waals surface area contributed by atoms with E-state index in [9.17, 15) is 13.2 Å². The van der Waals surface area contributed by atoms with Crippen LogP contribution in [0.25, 0.3) is 0 Å². The molecule has 1 heterocycles. The number of hydrogen-bond donors (Lipinski definition) is 0. The molecule has 5 nitrogen and oxygen atoms in total. The predicted molar refractivity (Wildman–Crippen MR) is 86.8 cm³/mol. The average Bonchev–Trinajstić information content (AvgIpc) is 3.23. The van der Waals surface area contributed by atoms with Gasteiger partial charge in [0, 0.05) is 36.6 Å². The number of piperazine rings is 1. The minimum atomic E-state index is -3.48. The van der Waals surface area contributed by atoms with Gasteiger partial charge in [0.2, 0.25) is 15.9 Å². The van der Waals surface area contributed by atoms with Gasteiger partial charge < -0.3 is 4.90 Å². The summed E-state index contributed by atoms with van der Waals surface area (Å²) < 4.78 is 27.4. The molecule has 0 bridgehead atoms. The molecule has 2 aliphatic rings. The molecule has 0 radical (unpaired) electrons. The van der Waals surface area contributed by atoms with E-state index in [0.29, 0.717) is 32.1 Å². The molecular formula is C15H19BrN2O3S. The molecular weight excluding hydrogens is 368 g/mol. The molecule has 1 saturated heterocycles. The quantitative estimate of drug-likeness (QED) is 0.797. The summed E-state index contributed by atoms with van der Waals surface area (Å²) in [5.74, 6) is 0.830. The van der Waals surface area contributed by atoms with Gasteiger partial charge in [-0.2, -0.15) is 4.31 Å². The molecule has 1 aliphatic heterocycles. The number of benzene rings is 1. The van der Waals surface area contributed by atoms with Gasteiger partial charge in [-0.05, 0) is 30.5 Å². The molecule has 1 aromatic carbocycles. The first kappa shape index (κ1) is 16.0. The van der Waals surface area contributed by atoms with Gasteiger partial charge in [0.15, 0.2) is 0 Å². The molecule has 0 unspecified atom stereocenters. The number of carbonyl (C=O) groups excluding carboxylic acids is 1. The molecule has 22 heavy (non-hydrogen) atoms. The van der Waals surface area contributed by atoms with E-state index < -0.39 is 10.0 Å². The van der Waals surface area contributed by atoms with Gasteiger partial charge in [0.25, 0.3) is 0 Å². The maximum Gasteiger partial charge on any atom is 0.243 e. The summed E-state index contributed by atoms with van der Waals surface area (Å²) in [5.41, 5.74) is 0. The van der Waals surface area contributed by atoms with Crippen molar-refractivity contribution in [1.29, 1.82) is 0 Å². The van der Waals surface area contributed by atoms with Gasteiger partial charge in [-0.25, -0.2) is 8.42 Å². The van der Waals surface area contributed by atoms with Crippen LogP contribution in [-0.2, 0) is 14.8 Å². The monoisotopic (exact) mass is 386 g/mol. The normalized spacial score (nSPS) is 26.0. The van der Waals surface area contributed by atoms with Crippen molar-refractivity contribution < 1.29 is 13.2 Å². The number of sulfonamides is 1. The zero-order valence-electron chi connectivity index (χ0n) is 12.4. The first-order valence-electron chi connectivity index (χ1n) is 7.44. The third-order valence-electron chi connectivity index (χ3n) is 4.41. The molecule has 2 atom stereocenters. The molecule has 7 heteroatoms. The Hall–Kier alpha value is -0.920. The van der Waals surface area contributed by atoms with E-state index >= 15 is 0 Å². The van der Waals surface area contributed by atoms with Crippen LogP contribution in [-0.4, -0.2) is 49.7 Å². The Morgan fingerprint density at radius 3 is 2.41 bits per heavy atom. The maximum atomic E-state index is 12.6. The average molecular weight is 387 g/mol. The lowest BCUT2D eigenvalue weighted by molar-refractivity contribution is -0.134. The first-order chi connectivity index (χ1) is 10.4. The fourth-order valence-electron chi connectivity index (χ4n) is 2.83. The topological polar surface area (TPSA) is 57.7 Å². The summed E-state index contributed by atoms with van der Waals surface area (Å²) in [6.45, 7) is 3.77. The fraction of sp³-hybridized carbons (Fsp3) is 0.533. The van der Waals surface area contributed by atoms with Crippen LogP contribution >= 0.6 is 15.9 Å². The fourth-order valence-corrected chi connectivity index (χ4v) is 4.85. The second-order valence-electron chi connectivity index (χ2n) is 6.01. The predicted octanol–water partition coefficient (Wildman–Crippen LogP) is 1.94. The lowest BCUT2D eigenvalue weighted by Crippen LogP contribution is -2.51. The summed E-state index contributed by atoms with van der Waals surface area (Å²) in [6, 6.07) is 6.72. The highest BCUT2D eigenvalue weighted by atomic mass is 79.9. The number of rotatable bonds is 3. The van der Waals surface area contributed by atoms with Gasteiger partial charge in [-0.3, -0.25) is 4.79 Å². The van der Waals surface area contributed by atoms with Crippen molar-refractivity contribution in [1.82, 2.24) is 9.21 Å². The number of halogens is 1. The Morgan fingerprint density at radius 2 is 1.86 bits per heavy atom. The van der Waals surface area contributed by atoms with Crippen molar-refractivity contribution in [2.75, 3.05) is 26.2 Å². The Labute approximate surface area is 139 Å². The highest BCUT2D eigenvalue weighted by molar-refractivity contribution is 9.10. The summed E-state index contributed by atoms with van der Waals surface area (Å²) >= 11 is 3.30. The molecule has 3 rings (SSSR count). The van der Waals surface area contributed by atoms with Crippen LogP contribution in [0.4, 0.5) is 0 Å². The maximum absolute atomic E-state index is 12.6. The molecule has 1 saturated carbocycles. The van der Waals surface area contributed by atoms with Crippen LogP contribution in [0.3, 0.4) is 0 Å². The molecule has 2 fully saturated rings. The Balaban J connectivity index is 1.67. The number of hydrogen-bond acceptors (Lipinski definition) is 3. The van der Waals surface area contributed by atoms with Crippen molar-refractivity contribution in [2.24, 2.45) is 11.8 Å². The van der Waals surface area contributed by atoms with E-state index in [1.54, 1.807) is 29.2 Å². The van der Waals surface area contributed by atoms with Gasteiger partial charge in [-0.15, -0.1) is 0 Å². The molecule has 1 aliphatic carbocycles. The lowest BCUT2D eigenvalue weighted by Gasteiger charge is -2.34. The number of carbonyl (C=O) groups is 1. The van der Waals surface area contributed by atoms with E-state index in [2.05, 4.69) is 22.9 Å².